The van der Waals surface area contributed by atoms with E-state index in [0.717, 1.165) is 0 Å². The topological polar surface area (TPSA) is 88.4 Å². The fraction of sp³-hybridized carbons (Fsp3) is 0.211. The Balaban J connectivity index is 2.06. The number of anilines is 1. The lowest BCUT2D eigenvalue weighted by Crippen LogP contribution is -2.30. The van der Waals surface area contributed by atoms with E-state index >= 15 is 0 Å². The summed E-state index contributed by atoms with van der Waals surface area (Å²) in [5.41, 5.74) is 1.33. The quantitative estimate of drug-likeness (QED) is 0.818. The maximum Gasteiger partial charge on any atom is 0.339 e. The normalized spacial score (nSPS) is 11.1. The lowest BCUT2D eigenvalue weighted by Gasteiger charge is -2.15. The molecule has 1 N–H and O–H groups in total. The summed E-state index contributed by atoms with van der Waals surface area (Å²) in [6, 6.07) is 15.6. The molecule has 0 spiro atoms. The zero-order chi connectivity index (χ0) is 18.2. The number of hydrogen-bond donors (Lipinski definition) is 1. The molecule has 0 saturated heterocycles. The number of carbonyl (C=O) groups is 2. The molecule has 6 heteroatoms. The molecule has 2 aromatic rings. The highest BCUT2D eigenvalue weighted by atomic mass is 16.5. The van der Waals surface area contributed by atoms with Crippen molar-refractivity contribution in [2.45, 2.75) is 19.4 Å². The molecular weight excluding hydrogens is 320 g/mol. The van der Waals surface area contributed by atoms with E-state index in [1.807, 2.05) is 6.07 Å². The van der Waals surface area contributed by atoms with Gasteiger partial charge >= 0.3 is 5.97 Å². The average molecular weight is 338 g/mol. The minimum absolute atomic E-state index is 0.0903. The number of methoxy groups -OCH3 is 1. The first-order chi connectivity index (χ1) is 12.1. The van der Waals surface area contributed by atoms with Gasteiger partial charge in [-0.3, -0.25) is 4.79 Å². The van der Waals surface area contributed by atoms with Gasteiger partial charge < -0.3 is 14.8 Å². The minimum Gasteiger partial charge on any atom is -0.495 e. The molecule has 0 saturated carbocycles. The summed E-state index contributed by atoms with van der Waals surface area (Å²) < 4.78 is 10.4. The number of nitrogens with zero attached hydrogens (tertiary/aromatic N) is 1. The maximum atomic E-state index is 12.3. The molecule has 0 aliphatic rings. The number of nitrogens with one attached hydrogen (secondary N) is 1. The van der Waals surface area contributed by atoms with Crippen molar-refractivity contribution in [1.29, 1.82) is 5.26 Å². The molecule has 25 heavy (non-hydrogen) atoms. The SMILES string of the molecule is COc1ccccc1NC(=O)C(C)OC(=O)c1ccccc1CC#N. The Morgan fingerprint density at radius 1 is 1.16 bits per heavy atom. The van der Waals surface area contributed by atoms with Gasteiger partial charge in [0.25, 0.3) is 5.91 Å². The summed E-state index contributed by atoms with van der Waals surface area (Å²) in [5, 5.41) is 11.5. The largest absolute Gasteiger partial charge is 0.495 e. The van der Waals surface area contributed by atoms with Gasteiger partial charge in [0.05, 0.1) is 30.9 Å². The summed E-state index contributed by atoms with van der Waals surface area (Å²) in [7, 11) is 1.50. The van der Waals surface area contributed by atoms with Crippen LogP contribution in [0.3, 0.4) is 0 Å². The third kappa shape index (κ3) is 4.58. The van der Waals surface area contributed by atoms with Crippen LogP contribution in [0.1, 0.15) is 22.8 Å². The summed E-state index contributed by atoms with van der Waals surface area (Å²) in [4.78, 5) is 24.6. The highest BCUT2D eigenvalue weighted by molar-refractivity contribution is 5.98. The van der Waals surface area contributed by atoms with Crippen LogP contribution in [0.4, 0.5) is 5.69 Å². The average Bonchev–Trinajstić information content (AvgIpc) is 2.62. The molecule has 128 valence electrons. The van der Waals surface area contributed by atoms with E-state index in [0.29, 0.717) is 17.0 Å². The van der Waals surface area contributed by atoms with Gasteiger partial charge in [-0.1, -0.05) is 30.3 Å². The minimum atomic E-state index is -1.01. The molecule has 0 bridgehead atoms. The van der Waals surface area contributed by atoms with Crippen molar-refractivity contribution in [1.82, 2.24) is 0 Å². The molecule has 0 aromatic heterocycles. The number of para-hydroxylation sites is 2. The summed E-state index contributed by atoms with van der Waals surface area (Å²) in [5.74, 6) is -0.613. The Hall–Kier alpha value is -3.33. The number of carbonyl (C=O) groups excluding carboxylic acids is 2. The van der Waals surface area contributed by atoms with E-state index in [1.54, 1.807) is 48.5 Å². The lowest BCUT2D eigenvalue weighted by atomic mass is 10.1. The van der Waals surface area contributed by atoms with Crippen LogP contribution in [0.25, 0.3) is 0 Å². The maximum absolute atomic E-state index is 12.3. The van der Waals surface area contributed by atoms with Crippen molar-refractivity contribution in [2.24, 2.45) is 0 Å². The molecule has 0 fully saturated rings. The third-order valence-electron chi connectivity index (χ3n) is 3.52. The molecule has 1 atom stereocenters. The van der Waals surface area contributed by atoms with Crippen LogP contribution in [0.15, 0.2) is 48.5 Å². The monoisotopic (exact) mass is 338 g/mol. The van der Waals surface area contributed by atoms with Crippen LogP contribution in [0.2, 0.25) is 0 Å². The van der Waals surface area contributed by atoms with Crippen LogP contribution in [-0.4, -0.2) is 25.1 Å². The van der Waals surface area contributed by atoms with Crippen LogP contribution in [0.5, 0.6) is 5.75 Å². The standard InChI is InChI=1S/C19H18N2O4/c1-13(18(22)21-16-9-5-6-10-17(16)24-2)25-19(23)15-8-4-3-7-14(15)11-12-20/h3-10,13H,11H2,1-2H3,(H,21,22). The summed E-state index contributed by atoms with van der Waals surface area (Å²) in [6.45, 7) is 1.48. The molecular formula is C19H18N2O4. The number of ether oxygens (including phenoxy) is 2. The van der Waals surface area contributed by atoms with E-state index in [2.05, 4.69) is 5.32 Å². The number of amides is 1. The predicted molar refractivity (Wildman–Crippen MR) is 92.3 cm³/mol. The molecule has 0 radical (unpaired) electrons. The molecule has 1 unspecified atom stereocenters. The molecule has 2 aromatic carbocycles. The fourth-order valence-electron chi connectivity index (χ4n) is 2.22. The number of hydrogen-bond acceptors (Lipinski definition) is 5. The highest BCUT2D eigenvalue weighted by Crippen LogP contribution is 2.23. The van der Waals surface area contributed by atoms with Crippen molar-refractivity contribution in [3.63, 3.8) is 0 Å². The van der Waals surface area contributed by atoms with Gasteiger partial charge in [-0.05, 0) is 30.7 Å². The zero-order valence-corrected chi connectivity index (χ0v) is 14.0. The van der Waals surface area contributed by atoms with Crippen molar-refractivity contribution in [3.8, 4) is 11.8 Å². The summed E-state index contributed by atoms with van der Waals surface area (Å²) in [6.07, 6.45) is -0.917. The summed E-state index contributed by atoms with van der Waals surface area (Å²) >= 11 is 0. The van der Waals surface area contributed by atoms with Crippen molar-refractivity contribution < 1.29 is 19.1 Å². The van der Waals surface area contributed by atoms with Crippen LogP contribution in [-0.2, 0) is 16.0 Å². The number of rotatable bonds is 6. The van der Waals surface area contributed by atoms with Gasteiger partial charge in [-0.25, -0.2) is 4.79 Å². The van der Waals surface area contributed by atoms with E-state index < -0.39 is 18.0 Å². The molecule has 0 heterocycles. The van der Waals surface area contributed by atoms with E-state index in [9.17, 15) is 9.59 Å². The molecule has 0 aliphatic carbocycles. The molecule has 6 nitrogen and oxygen atoms in total. The van der Waals surface area contributed by atoms with Gasteiger partial charge in [0.15, 0.2) is 6.10 Å². The molecule has 1 amide bonds. The van der Waals surface area contributed by atoms with Gasteiger partial charge in [-0.2, -0.15) is 5.26 Å². The Morgan fingerprint density at radius 3 is 2.56 bits per heavy atom. The van der Waals surface area contributed by atoms with Gasteiger partial charge in [0, 0.05) is 0 Å². The number of nitriles is 1. The van der Waals surface area contributed by atoms with Crippen LogP contribution in [0, 0.1) is 11.3 Å². The third-order valence-corrected chi connectivity index (χ3v) is 3.52. The second-order valence-corrected chi connectivity index (χ2v) is 5.23. The smallest absolute Gasteiger partial charge is 0.339 e. The van der Waals surface area contributed by atoms with Crippen LogP contribution < -0.4 is 10.1 Å². The molecule has 2 rings (SSSR count). The second kappa shape index (κ2) is 8.50. The fourth-order valence-corrected chi connectivity index (χ4v) is 2.22. The molecule has 0 aliphatic heterocycles. The first kappa shape index (κ1) is 18.0. The van der Waals surface area contributed by atoms with E-state index in [1.165, 1.54) is 14.0 Å². The van der Waals surface area contributed by atoms with Crippen molar-refractivity contribution >= 4 is 17.6 Å². The first-order valence-corrected chi connectivity index (χ1v) is 7.66. The zero-order valence-electron chi connectivity index (χ0n) is 14.0. The van der Waals surface area contributed by atoms with Gasteiger partial charge in [0.1, 0.15) is 5.75 Å². The lowest BCUT2D eigenvalue weighted by molar-refractivity contribution is -0.123. The number of esters is 1. The second-order valence-electron chi connectivity index (χ2n) is 5.23. The highest BCUT2D eigenvalue weighted by Gasteiger charge is 2.21. The van der Waals surface area contributed by atoms with E-state index in [-0.39, 0.29) is 12.0 Å². The Morgan fingerprint density at radius 2 is 1.84 bits per heavy atom. The van der Waals surface area contributed by atoms with Gasteiger partial charge in [0.2, 0.25) is 0 Å². The van der Waals surface area contributed by atoms with Gasteiger partial charge in [-0.15, -0.1) is 0 Å². The van der Waals surface area contributed by atoms with E-state index in [4.69, 9.17) is 14.7 Å². The Kier molecular flexibility index (Phi) is 6.13. The van der Waals surface area contributed by atoms with Crippen molar-refractivity contribution in [2.75, 3.05) is 12.4 Å². The first-order valence-electron chi connectivity index (χ1n) is 7.66. The number of benzene rings is 2. The van der Waals surface area contributed by atoms with Crippen LogP contribution >= 0.6 is 0 Å². The Labute approximate surface area is 146 Å². The Bertz CT molecular complexity index is 811. The predicted octanol–water partition coefficient (Wildman–Crippen LogP) is 2.95. The van der Waals surface area contributed by atoms with Crippen molar-refractivity contribution in [3.05, 3.63) is 59.7 Å².